The van der Waals surface area contributed by atoms with Gasteiger partial charge in [0, 0.05) is 5.56 Å². The molecule has 0 bridgehead atoms. The first-order chi connectivity index (χ1) is 9.47. The fraction of sp³-hybridized carbons (Fsp3) is 0.0667. The fourth-order valence-electron chi connectivity index (χ4n) is 1.57. The normalized spacial score (nSPS) is 10.2. The third kappa shape index (κ3) is 3.38. The zero-order valence-corrected chi connectivity index (χ0v) is 12.0. The number of carbonyl (C=O) groups is 2. The average molecular weight is 309 g/mol. The van der Waals surface area contributed by atoms with Crippen molar-refractivity contribution in [1.29, 1.82) is 0 Å². The number of ether oxygens (including phenoxy) is 1. The van der Waals surface area contributed by atoms with Crippen LogP contribution < -0.4 is 4.74 Å². The molecule has 0 aliphatic heterocycles. The van der Waals surface area contributed by atoms with E-state index in [1.165, 1.54) is 31.2 Å². The molecular formula is C15H10Cl2O3. The van der Waals surface area contributed by atoms with Crippen molar-refractivity contribution in [3.8, 4) is 5.75 Å². The van der Waals surface area contributed by atoms with Gasteiger partial charge in [0.2, 0.25) is 0 Å². The van der Waals surface area contributed by atoms with Gasteiger partial charge in [-0.15, -0.1) is 0 Å². The Kier molecular flexibility index (Phi) is 4.42. The first-order valence-corrected chi connectivity index (χ1v) is 6.51. The second-order valence-corrected chi connectivity index (χ2v) is 4.92. The van der Waals surface area contributed by atoms with E-state index in [-0.39, 0.29) is 16.4 Å². The van der Waals surface area contributed by atoms with Gasteiger partial charge in [0.05, 0.1) is 15.6 Å². The van der Waals surface area contributed by atoms with Crippen LogP contribution in [-0.2, 0) is 0 Å². The van der Waals surface area contributed by atoms with Gasteiger partial charge in [-0.3, -0.25) is 4.79 Å². The molecule has 0 heterocycles. The van der Waals surface area contributed by atoms with E-state index >= 15 is 0 Å². The monoisotopic (exact) mass is 308 g/mol. The number of halogens is 2. The molecule has 20 heavy (non-hydrogen) atoms. The van der Waals surface area contributed by atoms with Gasteiger partial charge in [-0.2, -0.15) is 0 Å². The quantitative estimate of drug-likeness (QED) is 0.479. The number of Topliss-reactive ketones (excluding diaryl/α,β-unsaturated/α-hetero) is 1. The van der Waals surface area contributed by atoms with Gasteiger partial charge in [0.15, 0.2) is 5.78 Å². The summed E-state index contributed by atoms with van der Waals surface area (Å²) in [5.41, 5.74) is 0.761. The van der Waals surface area contributed by atoms with Gasteiger partial charge in [0.25, 0.3) is 0 Å². The highest BCUT2D eigenvalue weighted by atomic mass is 35.5. The molecule has 0 saturated carbocycles. The van der Waals surface area contributed by atoms with Crippen molar-refractivity contribution in [2.75, 3.05) is 0 Å². The molecule has 0 aromatic heterocycles. The molecule has 0 saturated heterocycles. The first kappa shape index (κ1) is 14.6. The van der Waals surface area contributed by atoms with E-state index in [2.05, 4.69) is 0 Å². The topological polar surface area (TPSA) is 43.4 Å². The maximum atomic E-state index is 11.9. The van der Waals surface area contributed by atoms with Gasteiger partial charge < -0.3 is 4.74 Å². The van der Waals surface area contributed by atoms with Crippen LogP contribution in [0.1, 0.15) is 27.6 Å². The van der Waals surface area contributed by atoms with E-state index in [1.807, 2.05) is 0 Å². The van der Waals surface area contributed by atoms with Gasteiger partial charge in [-0.25, -0.2) is 4.79 Å². The summed E-state index contributed by atoms with van der Waals surface area (Å²) in [6.07, 6.45) is 0. The van der Waals surface area contributed by atoms with Crippen LogP contribution in [0.5, 0.6) is 5.75 Å². The Balaban J connectivity index is 2.21. The average Bonchev–Trinajstić information content (AvgIpc) is 2.42. The molecule has 0 aliphatic rings. The highest BCUT2D eigenvalue weighted by Gasteiger charge is 2.11. The van der Waals surface area contributed by atoms with Gasteiger partial charge >= 0.3 is 5.97 Å². The van der Waals surface area contributed by atoms with Crippen molar-refractivity contribution in [3.05, 3.63) is 63.6 Å². The van der Waals surface area contributed by atoms with Gasteiger partial charge in [-0.1, -0.05) is 35.3 Å². The van der Waals surface area contributed by atoms with Crippen LogP contribution in [0.4, 0.5) is 0 Å². The molecule has 0 aliphatic carbocycles. The largest absolute Gasteiger partial charge is 0.423 e. The summed E-state index contributed by atoms with van der Waals surface area (Å²) in [5, 5.41) is 0.639. The molecule has 102 valence electrons. The number of carbonyl (C=O) groups excluding carboxylic acids is 2. The lowest BCUT2D eigenvalue weighted by Gasteiger charge is -2.06. The van der Waals surface area contributed by atoms with E-state index in [4.69, 9.17) is 27.9 Å². The molecule has 2 aromatic rings. The Morgan fingerprint density at radius 2 is 1.70 bits per heavy atom. The lowest BCUT2D eigenvalue weighted by molar-refractivity contribution is 0.0733. The lowest BCUT2D eigenvalue weighted by Crippen LogP contribution is -2.08. The standard InChI is InChI=1S/C15H10Cl2O3/c1-9(18)10-3-2-4-12(7-10)20-15(19)11-5-6-13(16)14(17)8-11/h2-8H,1H3. The summed E-state index contributed by atoms with van der Waals surface area (Å²) in [6.45, 7) is 1.44. The molecule has 2 aromatic carbocycles. The van der Waals surface area contributed by atoms with Crippen molar-refractivity contribution >= 4 is 35.0 Å². The van der Waals surface area contributed by atoms with E-state index in [0.29, 0.717) is 16.3 Å². The smallest absolute Gasteiger partial charge is 0.343 e. The molecule has 0 amide bonds. The molecule has 0 radical (unpaired) electrons. The molecule has 0 unspecified atom stereocenters. The predicted molar refractivity (Wildman–Crippen MR) is 77.9 cm³/mol. The third-order valence-electron chi connectivity index (χ3n) is 2.61. The van der Waals surface area contributed by atoms with Crippen molar-refractivity contribution in [3.63, 3.8) is 0 Å². The highest BCUT2D eigenvalue weighted by Crippen LogP contribution is 2.23. The Labute approximate surface area is 126 Å². The summed E-state index contributed by atoms with van der Waals surface area (Å²) < 4.78 is 5.19. The Morgan fingerprint density at radius 1 is 0.950 bits per heavy atom. The summed E-state index contributed by atoms with van der Waals surface area (Å²) in [5.74, 6) is -0.365. The van der Waals surface area contributed by atoms with Crippen molar-refractivity contribution < 1.29 is 14.3 Å². The van der Waals surface area contributed by atoms with E-state index < -0.39 is 5.97 Å². The second kappa shape index (κ2) is 6.07. The molecule has 5 heteroatoms. The zero-order valence-electron chi connectivity index (χ0n) is 10.5. The molecule has 0 atom stereocenters. The SMILES string of the molecule is CC(=O)c1cccc(OC(=O)c2ccc(Cl)c(Cl)c2)c1. The Bertz CT molecular complexity index is 681. The number of benzene rings is 2. The van der Waals surface area contributed by atoms with Crippen molar-refractivity contribution in [2.45, 2.75) is 6.92 Å². The zero-order chi connectivity index (χ0) is 14.7. The number of ketones is 1. The van der Waals surface area contributed by atoms with Crippen LogP contribution in [-0.4, -0.2) is 11.8 Å². The molecule has 0 N–H and O–H groups in total. The van der Waals surface area contributed by atoms with E-state index in [0.717, 1.165) is 0 Å². The minimum Gasteiger partial charge on any atom is -0.423 e. The van der Waals surface area contributed by atoms with Crippen LogP contribution in [0.25, 0.3) is 0 Å². The van der Waals surface area contributed by atoms with Crippen LogP contribution >= 0.6 is 23.2 Å². The Hall–Kier alpha value is -1.84. The van der Waals surface area contributed by atoms with E-state index in [1.54, 1.807) is 18.2 Å². The summed E-state index contributed by atoms with van der Waals surface area (Å²) in [6, 6.07) is 10.9. The molecule has 0 spiro atoms. The van der Waals surface area contributed by atoms with Crippen LogP contribution in [0.2, 0.25) is 10.0 Å². The fourth-order valence-corrected chi connectivity index (χ4v) is 1.87. The van der Waals surface area contributed by atoms with Crippen LogP contribution in [0, 0.1) is 0 Å². The van der Waals surface area contributed by atoms with Crippen LogP contribution in [0.3, 0.4) is 0 Å². The second-order valence-electron chi connectivity index (χ2n) is 4.10. The molecular weight excluding hydrogens is 299 g/mol. The first-order valence-electron chi connectivity index (χ1n) is 5.75. The third-order valence-corrected chi connectivity index (χ3v) is 3.35. The van der Waals surface area contributed by atoms with Gasteiger partial charge in [-0.05, 0) is 37.3 Å². The molecule has 2 rings (SSSR count). The summed E-state index contributed by atoms with van der Waals surface area (Å²) >= 11 is 11.6. The van der Waals surface area contributed by atoms with Crippen molar-refractivity contribution in [1.82, 2.24) is 0 Å². The maximum Gasteiger partial charge on any atom is 0.343 e. The number of esters is 1. The summed E-state index contributed by atoms with van der Waals surface area (Å²) in [7, 11) is 0. The maximum absolute atomic E-state index is 11.9. The minimum absolute atomic E-state index is 0.0996. The molecule has 3 nitrogen and oxygen atoms in total. The molecule has 0 fully saturated rings. The summed E-state index contributed by atoms with van der Waals surface area (Å²) in [4.78, 5) is 23.2. The minimum atomic E-state index is -0.565. The van der Waals surface area contributed by atoms with Crippen molar-refractivity contribution in [2.24, 2.45) is 0 Å². The number of rotatable bonds is 3. The number of hydrogen-bond donors (Lipinski definition) is 0. The van der Waals surface area contributed by atoms with Gasteiger partial charge in [0.1, 0.15) is 5.75 Å². The number of hydrogen-bond acceptors (Lipinski definition) is 3. The van der Waals surface area contributed by atoms with Crippen LogP contribution in [0.15, 0.2) is 42.5 Å². The highest BCUT2D eigenvalue weighted by molar-refractivity contribution is 6.42. The Morgan fingerprint density at radius 3 is 2.35 bits per heavy atom. The lowest BCUT2D eigenvalue weighted by atomic mass is 10.1. The predicted octanol–water partition coefficient (Wildman–Crippen LogP) is 4.42. The van der Waals surface area contributed by atoms with E-state index in [9.17, 15) is 9.59 Å².